The topological polar surface area (TPSA) is 101 Å². The molecule has 0 atom stereocenters. The average molecular weight is 300 g/mol. The number of halogens is 2. The molecule has 1 aliphatic rings. The van der Waals surface area contributed by atoms with Crippen LogP contribution in [0, 0.1) is 27.7 Å². The van der Waals surface area contributed by atoms with Gasteiger partial charge >= 0.3 is 5.97 Å². The number of aliphatic carboxylic acids is 1. The van der Waals surface area contributed by atoms with Crippen LogP contribution in [0.5, 0.6) is 0 Å². The Kier molecular flexibility index (Phi) is 3.83. The lowest BCUT2D eigenvalue weighted by atomic mass is 9.95. The number of benzene rings is 1. The van der Waals surface area contributed by atoms with E-state index >= 15 is 0 Å². The van der Waals surface area contributed by atoms with Gasteiger partial charge in [0.05, 0.1) is 17.4 Å². The van der Waals surface area contributed by atoms with Crippen molar-refractivity contribution in [2.75, 3.05) is 13.1 Å². The quantitative estimate of drug-likeness (QED) is 0.669. The van der Waals surface area contributed by atoms with Crippen molar-refractivity contribution in [3.05, 3.63) is 39.4 Å². The predicted molar refractivity (Wildman–Crippen MR) is 64.7 cm³/mol. The van der Waals surface area contributed by atoms with Crippen LogP contribution < -0.4 is 0 Å². The molecule has 0 saturated carbocycles. The Morgan fingerprint density at radius 1 is 1.33 bits per heavy atom. The maximum absolute atomic E-state index is 13.2. The highest BCUT2D eigenvalue weighted by Crippen LogP contribution is 2.27. The fourth-order valence-electron chi connectivity index (χ4n) is 2.14. The van der Waals surface area contributed by atoms with Gasteiger partial charge in [-0.1, -0.05) is 0 Å². The number of nitrogens with zero attached hydrogens (tertiary/aromatic N) is 2. The Morgan fingerprint density at radius 3 is 2.43 bits per heavy atom. The number of nitro groups is 1. The molecule has 0 spiro atoms. The summed E-state index contributed by atoms with van der Waals surface area (Å²) >= 11 is 0. The van der Waals surface area contributed by atoms with E-state index in [-0.39, 0.29) is 25.4 Å². The number of hydrogen-bond donors (Lipinski definition) is 1. The third-order valence-corrected chi connectivity index (χ3v) is 3.17. The van der Waals surface area contributed by atoms with Gasteiger partial charge in [-0.2, -0.15) is 0 Å². The highest BCUT2D eigenvalue weighted by molar-refractivity contribution is 5.98. The van der Waals surface area contributed by atoms with Gasteiger partial charge in [0, 0.05) is 19.0 Å². The number of rotatable bonds is 4. The van der Waals surface area contributed by atoms with E-state index in [0.717, 1.165) is 4.90 Å². The lowest BCUT2D eigenvalue weighted by Crippen LogP contribution is -2.50. The lowest BCUT2D eigenvalue weighted by Gasteiger charge is -2.38. The average Bonchev–Trinajstić information content (AvgIpc) is 2.34. The van der Waals surface area contributed by atoms with E-state index in [1.807, 2.05) is 0 Å². The number of nitro benzene ring substituents is 1. The van der Waals surface area contributed by atoms with Crippen LogP contribution in [-0.4, -0.2) is 39.9 Å². The molecule has 1 fully saturated rings. The molecule has 0 bridgehead atoms. The summed E-state index contributed by atoms with van der Waals surface area (Å²) in [7, 11) is 0. The summed E-state index contributed by atoms with van der Waals surface area (Å²) in [6.07, 6.45) is -0.121. The molecule has 21 heavy (non-hydrogen) atoms. The molecule has 0 radical (unpaired) electrons. The molecular formula is C12H10F2N2O5. The molecule has 1 aromatic rings. The second-order valence-corrected chi connectivity index (χ2v) is 4.71. The van der Waals surface area contributed by atoms with Gasteiger partial charge < -0.3 is 10.0 Å². The first-order chi connectivity index (χ1) is 9.79. The molecule has 1 saturated heterocycles. The fourth-order valence-corrected chi connectivity index (χ4v) is 2.14. The maximum Gasteiger partial charge on any atom is 0.303 e. The van der Waals surface area contributed by atoms with Crippen molar-refractivity contribution in [1.82, 2.24) is 4.90 Å². The SMILES string of the molecule is O=C(O)CC1CN(C(=O)c2cc(F)c(F)cc2[N+](=O)[O-])C1. The molecule has 112 valence electrons. The van der Waals surface area contributed by atoms with E-state index in [1.165, 1.54) is 0 Å². The summed E-state index contributed by atoms with van der Waals surface area (Å²) in [5.41, 5.74) is -1.37. The number of likely N-dealkylation sites (tertiary alicyclic amines) is 1. The van der Waals surface area contributed by atoms with Crippen LogP contribution in [0.25, 0.3) is 0 Å². The first-order valence-electron chi connectivity index (χ1n) is 5.94. The summed E-state index contributed by atoms with van der Waals surface area (Å²) in [5, 5.41) is 19.4. The highest BCUT2D eigenvalue weighted by Gasteiger charge is 2.35. The van der Waals surface area contributed by atoms with Crippen LogP contribution in [0.15, 0.2) is 12.1 Å². The van der Waals surface area contributed by atoms with Crippen molar-refractivity contribution in [1.29, 1.82) is 0 Å². The van der Waals surface area contributed by atoms with E-state index in [2.05, 4.69) is 0 Å². The monoisotopic (exact) mass is 300 g/mol. The zero-order valence-electron chi connectivity index (χ0n) is 10.6. The van der Waals surface area contributed by atoms with E-state index in [4.69, 9.17) is 5.11 Å². The molecule has 7 nitrogen and oxygen atoms in total. The third-order valence-electron chi connectivity index (χ3n) is 3.17. The Hall–Kier alpha value is -2.58. The first kappa shape index (κ1) is 14.8. The Bertz CT molecular complexity index is 628. The van der Waals surface area contributed by atoms with Crippen LogP contribution in [0.4, 0.5) is 14.5 Å². The number of hydrogen-bond acceptors (Lipinski definition) is 4. The van der Waals surface area contributed by atoms with Crippen LogP contribution in [-0.2, 0) is 4.79 Å². The van der Waals surface area contributed by atoms with Gasteiger partial charge in [0.25, 0.3) is 11.6 Å². The van der Waals surface area contributed by atoms with Gasteiger partial charge in [-0.3, -0.25) is 19.7 Å². The van der Waals surface area contributed by atoms with Crippen molar-refractivity contribution in [3.8, 4) is 0 Å². The largest absolute Gasteiger partial charge is 0.481 e. The Morgan fingerprint density at radius 2 is 1.90 bits per heavy atom. The molecule has 9 heteroatoms. The first-order valence-corrected chi connectivity index (χ1v) is 5.94. The number of carbonyl (C=O) groups is 2. The van der Waals surface area contributed by atoms with Crippen molar-refractivity contribution >= 4 is 17.6 Å². The summed E-state index contributed by atoms with van der Waals surface area (Å²) in [6.45, 7) is 0.225. The van der Waals surface area contributed by atoms with E-state index in [0.29, 0.717) is 12.1 Å². The van der Waals surface area contributed by atoms with Crippen molar-refractivity contribution in [3.63, 3.8) is 0 Å². The Labute approximate surface area is 116 Å². The standard InChI is InChI=1S/C12H10F2N2O5/c13-8-2-7(10(16(20)21)3-9(8)14)12(19)15-4-6(5-15)1-11(17)18/h2-3,6H,1,4-5H2,(H,17,18). The molecule has 0 aromatic heterocycles. The summed E-state index contributed by atoms with van der Waals surface area (Å²) in [6, 6.07) is 0.845. The second kappa shape index (κ2) is 5.43. The van der Waals surface area contributed by atoms with Crippen LogP contribution in [0.2, 0.25) is 0 Å². The van der Waals surface area contributed by atoms with Crippen molar-refractivity contribution in [2.45, 2.75) is 6.42 Å². The van der Waals surface area contributed by atoms with Gasteiger partial charge in [0.15, 0.2) is 11.6 Å². The minimum Gasteiger partial charge on any atom is -0.481 e. The third kappa shape index (κ3) is 2.96. The number of carbonyl (C=O) groups excluding carboxylic acids is 1. The molecule has 1 aromatic carbocycles. The van der Waals surface area contributed by atoms with Gasteiger partial charge in [-0.25, -0.2) is 8.78 Å². The zero-order chi connectivity index (χ0) is 15.7. The number of carboxylic acids is 1. The second-order valence-electron chi connectivity index (χ2n) is 4.71. The normalized spacial score (nSPS) is 14.7. The summed E-state index contributed by atoms with van der Waals surface area (Å²) < 4.78 is 26.2. The molecule has 1 N–H and O–H groups in total. The van der Waals surface area contributed by atoms with Crippen LogP contribution in [0.3, 0.4) is 0 Å². The van der Waals surface area contributed by atoms with Crippen LogP contribution in [0.1, 0.15) is 16.8 Å². The summed E-state index contributed by atoms with van der Waals surface area (Å²) in [5.74, 6) is -4.83. The van der Waals surface area contributed by atoms with Gasteiger partial charge in [-0.05, 0) is 6.07 Å². The number of amides is 1. The van der Waals surface area contributed by atoms with Crippen molar-refractivity contribution in [2.24, 2.45) is 5.92 Å². The highest BCUT2D eigenvalue weighted by atomic mass is 19.2. The van der Waals surface area contributed by atoms with E-state index in [9.17, 15) is 28.5 Å². The fraction of sp³-hybridized carbons (Fsp3) is 0.333. The van der Waals surface area contributed by atoms with Crippen molar-refractivity contribution < 1.29 is 28.4 Å². The minimum atomic E-state index is -1.41. The Balaban J connectivity index is 2.19. The minimum absolute atomic E-state index is 0.112. The maximum atomic E-state index is 13.2. The predicted octanol–water partition coefficient (Wildman–Crippen LogP) is 1.42. The molecular weight excluding hydrogens is 290 g/mol. The molecule has 1 heterocycles. The molecule has 0 aliphatic carbocycles. The lowest BCUT2D eigenvalue weighted by molar-refractivity contribution is -0.385. The molecule has 0 unspecified atom stereocenters. The van der Waals surface area contributed by atoms with E-state index in [1.54, 1.807) is 0 Å². The van der Waals surface area contributed by atoms with E-state index < -0.39 is 39.7 Å². The summed E-state index contributed by atoms with van der Waals surface area (Å²) in [4.78, 5) is 33.5. The molecule has 2 rings (SSSR count). The van der Waals surface area contributed by atoms with Gasteiger partial charge in [-0.15, -0.1) is 0 Å². The van der Waals surface area contributed by atoms with Crippen LogP contribution >= 0.6 is 0 Å². The van der Waals surface area contributed by atoms with Gasteiger partial charge in [0.2, 0.25) is 0 Å². The zero-order valence-corrected chi connectivity index (χ0v) is 10.6. The van der Waals surface area contributed by atoms with Gasteiger partial charge in [0.1, 0.15) is 5.56 Å². The number of carboxylic acid groups (broad SMARTS) is 1. The smallest absolute Gasteiger partial charge is 0.303 e. The molecule has 1 amide bonds. The molecule has 1 aliphatic heterocycles.